The monoisotopic (exact) mass is 318 g/mol. The third-order valence-electron chi connectivity index (χ3n) is 2.64. The van der Waals surface area contributed by atoms with Crippen molar-refractivity contribution in [1.82, 2.24) is 5.32 Å². The predicted molar refractivity (Wildman–Crippen MR) is 80.3 cm³/mol. The van der Waals surface area contributed by atoms with Gasteiger partial charge in [0.25, 0.3) is 11.6 Å². The van der Waals surface area contributed by atoms with E-state index in [2.05, 4.69) is 10.6 Å². The molecule has 120 valence electrons. The summed E-state index contributed by atoms with van der Waals surface area (Å²) in [4.78, 5) is 32.3. The van der Waals surface area contributed by atoms with Crippen LogP contribution in [0, 0.1) is 21.4 Å². The van der Waals surface area contributed by atoms with E-state index in [1.54, 1.807) is 6.07 Å². The summed E-state index contributed by atoms with van der Waals surface area (Å²) in [7, 11) is 0. The van der Waals surface area contributed by atoms with Gasteiger partial charge in [0.05, 0.1) is 4.92 Å². The van der Waals surface area contributed by atoms with Gasteiger partial charge in [0.2, 0.25) is 0 Å². The van der Waals surface area contributed by atoms with Gasteiger partial charge in [0, 0.05) is 37.0 Å². The molecule has 0 aromatic heterocycles. The number of hydrogen-bond acceptors (Lipinski definition) is 6. The van der Waals surface area contributed by atoms with E-state index in [0.29, 0.717) is 13.0 Å². The zero-order chi connectivity index (χ0) is 17.2. The van der Waals surface area contributed by atoms with Crippen molar-refractivity contribution in [2.24, 2.45) is 0 Å². The molecule has 9 heteroatoms. The third kappa shape index (κ3) is 6.26. The van der Waals surface area contributed by atoms with Gasteiger partial charge in [-0.15, -0.1) is 0 Å². The highest BCUT2D eigenvalue weighted by Crippen LogP contribution is 2.17. The van der Waals surface area contributed by atoms with Gasteiger partial charge in [-0.1, -0.05) is 6.07 Å². The fourth-order valence-electron chi connectivity index (χ4n) is 1.56. The first kappa shape index (κ1) is 17.6. The van der Waals surface area contributed by atoms with Crippen LogP contribution in [0.15, 0.2) is 36.0 Å². The van der Waals surface area contributed by atoms with E-state index in [1.165, 1.54) is 30.5 Å². The number of aliphatic carboxylic acids is 1. The molecular weight excluding hydrogens is 304 g/mol. The van der Waals surface area contributed by atoms with Gasteiger partial charge in [-0.05, 0) is 12.5 Å². The van der Waals surface area contributed by atoms with Crippen LogP contribution in [0.3, 0.4) is 0 Å². The molecule has 1 amide bonds. The molecule has 0 spiro atoms. The molecule has 0 heterocycles. The average molecular weight is 318 g/mol. The molecule has 1 aromatic carbocycles. The Bertz CT molecular complexity index is 678. The number of carboxylic acids is 1. The summed E-state index contributed by atoms with van der Waals surface area (Å²) in [6.07, 6.45) is 1.49. The number of carboxylic acid groups (broad SMARTS) is 1. The third-order valence-corrected chi connectivity index (χ3v) is 2.64. The summed E-state index contributed by atoms with van der Waals surface area (Å²) < 4.78 is 0. The lowest BCUT2D eigenvalue weighted by molar-refractivity contribution is -0.384. The summed E-state index contributed by atoms with van der Waals surface area (Å²) >= 11 is 0. The van der Waals surface area contributed by atoms with E-state index in [-0.39, 0.29) is 23.4 Å². The Balaban J connectivity index is 2.63. The Kier molecular flexibility index (Phi) is 6.74. The van der Waals surface area contributed by atoms with Crippen molar-refractivity contribution in [3.05, 3.63) is 46.2 Å². The summed E-state index contributed by atoms with van der Waals surface area (Å²) in [5, 5.41) is 33.1. The number of rotatable bonds is 8. The van der Waals surface area contributed by atoms with Gasteiger partial charge in [0.15, 0.2) is 0 Å². The molecule has 1 aromatic rings. The van der Waals surface area contributed by atoms with E-state index >= 15 is 0 Å². The van der Waals surface area contributed by atoms with Crippen LogP contribution in [0.1, 0.15) is 12.8 Å². The maximum atomic E-state index is 11.9. The van der Waals surface area contributed by atoms with E-state index < -0.39 is 16.8 Å². The smallest absolute Gasteiger partial charge is 0.303 e. The van der Waals surface area contributed by atoms with Crippen LogP contribution in [0.5, 0.6) is 0 Å². The number of benzene rings is 1. The normalized spacial score (nSPS) is 10.5. The highest BCUT2D eigenvalue weighted by molar-refractivity contribution is 6.06. The number of nitrogens with one attached hydrogen (secondary N) is 2. The highest BCUT2D eigenvalue weighted by Gasteiger charge is 2.11. The molecule has 0 unspecified atom stereocenters. The Hall–Kier alpha value is -3.41. The summed E-state index contributed by atoms with van der Waals surface area (Å²) in [6, 6.07) is 7.02. The minimum Gasteiger partial charge on any atom is -0.481 e. The molecule has 0 saturated heterocycles. The van der Waals surface area contributed by atoms with Gasteiger partial charge in [0.1, 0.15) is 11.6 Å². The number of amides is 1. The van der Waals surface area contributed by atoms with Gasteiger partial charge >= 0.3 is 5.97 Å². The first-order valence-corrected chi connectivity index (χ1v) is 6.55. The first-order valence-electron chi connectivity index (χ1n) is 6.55. The zero-order valence-electron chi connectivity index (χ0n) is 12.0. The maximum Gasteiger partial charge on any atom is 0.303 e. The quantitative estimate of drug-likeness (QED) is 0.216. The van der Waals surface area contributed by atoms with Crippen molar-refractivity contribution in [3.8, 4) is 6.07 Å². The number of anilines is 1. The largest absolute Gasteiger partial charge is 0.481 e. The molecule has 0 fully saturated rings. The van der Waals surface area contributed by atoms with Crippen molar-refractivity contribution in [2.45, 2.75) is 12.8 Å². The molecule has 0 aliphatic heterocycles. The maximum absolute atomic E-state index is 11.9. The lowest BCUT2D eigenvalue weighted by Crippen LogP contribution is -2.17. The van der Waals surface area contributed by atoms with Crippen molar-refractivity contribution >= 4 is 23.3 Å². The summed E-state index contributed by atoms with van der Waals surface area (Å²) in [6.45, 7) is 0.293. The molecule has 0 radical (unpaired) electrons. The minimum absolute atomic E-state index is 0.0252. The molecule has 0 aliphatic carbocycles. The van der Waals surface area contributed by atoms with E-state index in [1.807, 2.05) is 0 Å². The number of hydrogen-bond donors (Lipinski definition) is 3. The fraction of sp³-hybridized carbons (Fsp3) is 0.214. The van der Waals surface area contributed by atoms with Gasteiger partial charge in [-0.2, -0.15) is 5.26 Å². The second kappa shape index (κ2) is 8.78. The molecule has 1 rings (SSSR count). The topological polar surface area (TPSA) is 145 Å². The van der Waals surface area contributed by atoms with Crippen LogP contribution in [-0.2, 0) is 9.59 Å². The van der Waals surface area contributed by atoms with E-state index in [9.17, 15) is 19.7 Å². The molecule has 0 bridgehead atoms. The number of carbonyl (C=O) groups excluding carboxylic acids is 1. The minimum atomic E-state index is -0.931. The van der Waals surface area contributed by atoms with E-state index in [4.69, 9.17) is 10.4 Å². The van der Waals surface area contributed by atoms with Crippen molar-refractivity contribution in [3.63, 3.8) is 0 Å². The van der Waals surface area contributed by atoms with Crippen LogP contribution >= 0.6 is 0 Å². The van der Waals surface area contributed by atoms with Gasteiger partial charge < -0.3 is 15.7 Å². The zero-order valence-corrected chi connectivity index (χ0v) is 12.0. The number of carbonyl (C=O) groups is 2. The Morgan fingerprint density at radius 3 is 2.78 bits per heavy atom. The van der Waals surface area contributed by atoms with Crippen LogP contribution in [0.25, 0.3) is 0 Å². The van der Waals surface area contributed by atoms with Crippen molar-refractivity contribution in [2.75, 3.05) is 11.9 Å². The number of nitro benzene ring substituents is 1. The Morgan fingerprint density at radius 2 is 2.17 bits per heavy atom. The first-order chi connectivity index (χ1) is 10.9. The molecule has 3 N–H and O–H groups in total. The van der Waals surface area contributed by atoms with Crippen molar-refractivity contribution in [1.29, 1.82) is 5.26 Å². The second-order valence-corrected chi connectivity index (χ2v) is 4.38. The Labute approximate surface area is 131 Å². The van der Waals surface area contributed by atoms with Crippen LogP contribution in [0.2, 0.25) is 0 Å². The summed E-state index contributed by atoms with van der Waals surface area (Å²) in [5.74, 6) is -1.65. The number of nitro groups is 1. The predicted octanol–water partition coefficient (Wildman–Crippen LogP) is 1.40. The molecule has 0 saturated carbocycles. The second-order valence-electron chi connectivity index (χ2n) is 4.38. The number of nitrogens with zero attached hydrogens (tertiary/aromatic N) is 2. The molecule has 0 atom stereocenters. The molecule has 23 heavy (non-hydrogen) atoms. The molecular formula is C14H14N4O5. The van der Waals surface area contributed by atoms with Crippen LogP contribution in [-0.4, -0.2) is 28.5 Å². The Morgan fingerprint density at radius 1 is 1.43 bits per heavy atom. The standard InChI is InChI=1S/C14H14N4O5/c15-8-10(9-16-6-2-5-13(19)20)14(21)17-11-3-1-4-12(7-11)18(22)23/h1,3-4,7,9,16H,2,5-6H2,(H,17,21)(H,19,20)/b10-9-. The van der Waals surface area contributed by atoms with Crippen LogP contribution < -0.4 is 10.6 Å². The summed E-state index contributed by atoms with van der Waals surface area (Å²) in [5.41, 5.74) is -0.222. The van der Waals surface area contributed by atoms with Gasteiger partial charge in [-0.25, -0.2) is 0 Å². The lowest BCUT2D eigenvalue weighted by atomic mass is 10.2. The highest BCUT2D eigenvalue weighted by atomic mass is 16.6. The molecule has 0 aliphatic rings. The lowest BCUT2D eigenvalue weighted by Gasteiger charge is -2.05. The van der Waals surface area contributed by atoms with Crippen LogP contribution in [0.4, 0.5) is 11.4 Å². The average Bonchev–Trinajstić information content (AvgIpc) is 2.50. The SMILES string of the molecule is N#C/C(=C/NCCCC(=O)O)C(=O)Nc1cccc([N+](=O)[O-])c1. The number of non-ortho nitro benzene ring substituents is 1. The van der Waals surface area contributed by atoms with Gasteiger partial charge in [-0.3, -0.25) is 19.7 Å². The molecule has 9 nitrogen and oxygen atoms in total. The fourth-order valence-corrected chi connectivity index (χ4v) is 1.56. The number of nitriles is 1. The van der Waals surface area contributed by atoms with E-state index in [0.717, 1.165) is 0 Å². The van der Waals surface area contributed by atoms with Crippen molar-refractivity contribution < 1.29 is 19.6 Å².